The molecule has 2 aromatic rings. The van der Waals surface area contributed by atoms with E-state index in [1.54, 1.807) is 17.0 Å². The summed E-state index contributed by atoms with van der Waals surface area (Å²) >= 11 is 12.9. The van der Waals surface area contributed by atoms with Crippen molar-refractivity contribution in [3.63, 3.8) is 0 Å². The summed E-state index contributed by atoms with van der Waals surface area (Å²) < 4.78 is 17.4. The topological polar surface area (TPSA) is 48.0 Å². The minimum Gasteiger partial charge on any atom is -0.494 e. The fourth-order valence-corrected chi connectivity index (χ4v) is 4.20. The Morgan fingerprint density at radius 2 is 1.76 bits per heavy atom. The highest BCUT2D eigenvalue weighted by molar-refractivity contribution is 6.38. The molecule has 1 saturated heterocycles. The van der Waals surface area contributed by atoms with Gasteiger partial charge >= 0.3 is 0 Å². The number of benzene rings is 2. The maximum atomic E-state index is 13.4. The van der Waals surface area contributed by atoms with Gasteiger partial charge in [-0.2, -0.15) is 0 Å². The first-order valence-corrected chi connectivity index (χ1v) is 10.6. The van der Waals surface area contributed by atoms with Crippen LogP contribution < -0.4 is 9.64 Å². The second-order valence-electron chi connectivity index (χ2n) is 7.16. The summed E-state index contributed by atoms with van der Waals surface area (Å²) in [5.74, 6) is -1.00. The van der Waals surface area contributed by atoms with Gasteiger partial charge in [0.25, 0.3) is 11.7 Å². The Bertz CT molecular complexity index is 894. The average Bonchev–Trinajstić information content (AvgIpc) is 2.96. The Kier molecular flexibility index (Phi) is 6.02. The van der Waals surface area contributed by atoms with Gasteiger partial charge in [-0.1, -0.05) is 48.7 Å². The fraction of sp³-hybridized carbons (Fsp3) is 0.409. The number of anilines is 1. The van der Waals surface area contributed by atoms with Crippen molar-refractivity contribution in [2.75, 3.05) is 24.7 Å². The molecule has 2 aromatic carbocycles. The predicted octanol–water partition coefficient (Wildman–Crippen LogP) is 5.31. The lowest BCUT2D eigenvalue weighted by Gasteiger charge is -2.32. The highest BCUT2D eigenvalue weighted by Gasteiger charge is 2.56. The van der Waals surface area contributed by atoms with Gasteiger partial charge in [0.1, 0.15) is 5.75 Å². The quantitative estimate of drug-likeness (QED) is 0.576. The molecule has 0 radical (unpaired) electrons. The Labute approximate surface area is 180 Å². The van der Waals surface area contributed by atoms with Gasteiger partial charge in [0.15, 0.2) is 0 Å². The van der Waals surface area contributed by atoms with Gasteiger partial charge in [-0.25, -0.2) is 0 Å². The van der Waals surface area contributed by atoms with Crippen molar-refractivity contribution in [2.24, 2.45) is 0 Å². The average molecular weight is 436 g/mol. The van der Waals surface area contributed by atoms with Crippen LogP contribution in [-0.4, -0.2) is 25.7 Å². The van der Waals surface area contributed by atoms with Crippen molar-refractivity contribution < 1.29 is 19.0 Å². The van der Waals surface area contributed by atoms with E-state index in [2.05, 4.69) is 6.92 Å². The number of nitrogens with zero attached hydrogens (tertiary/aromatic N) is 1. The maximum Gasteiger partial charge on any atom is 0.292 e. The molecule has 0 atom stereocenters. The van der Waals surface area contributed by atoms with Crippen LogP contribution in [0.25, 0.3) is 0 Å². The minimum atomic E-state index is -1.52. The number of halogens is 2. The van der Waals surface area contributed by atoms with Gasteiger partial charge in [-0.15, -0.1) is 0 Å². The summed E-state index contributed by atoms with van der Waals surface area (Å²) in [6, 6.07) is 11.1. The van der Waals surface area contributed by atoms with Gasteiger partial charge in [-0.05, 0) is 42.7 Å². The largest absolute Gasteiger partial charge is 0.494 e. The third-order valence-corrected chi connectivity index (χ3v) is 5.75. The Hall–Kier alpha value is -1.79. The van der Waals surface area contributed by atoms with E-state index in [1.165, 1.54) is 0 Å². The second kappa shape index (κ2) is 8.52. The Morgan fingerprint density at radius 1 is 1.07 bits per heavy atom. The van der Waals surface area contributed by atoms with Crippen molar-refractivity contribution in [1.82, 2.24) is 0 Å². The summed E-state index contributed by atoms with van der Waals surface area (Å²) in [7, 11) is 0. The van der Waals surface area contributed by atoms with E-state index in [1.807, 2.05) is 24.3 Å². The van der Waals surface area contributed by atoms with E-state index in [0.29, 0.717) is 47.7 Å². The molecule has 1 amide bonds. The van der Waals surface area contributed by atoms with E-state index in [-0.39, 0.29) is 5.91 Å². The predicted molar refractivity (Wildman–Crippen MR) is 113 cm³/mol. The highest BCUT2D eigenvalue weighted by Crippen LogP contribution is 2.51. The summed E-state index contributed by atoms with van der Waals surface area (Å²) in [6.07, 6.45) is 2.83. The molecule has 0 aromatic heterocycles. The lowest BCUT2D eigenvalue weighted by Crippen LogP contribution is -2.47. The number of carbonyl (C=O) groups excluding carboxylic acids is 1. The first kappa shape index (κ1) is 20.5. The zero-order chi connectivity index (χ0) is 20.4. The maximum absolute atomic E-state index is 13.4. The van der Waals surface area contributed by atoms with Crippen LogP contribution in [0.2, 0.25) is 10.0 Å². The zero-order valence-electron chi connectivity index (χ0n) is 16.2. The molecule has 0 N–H and O–H groups in total. The summed E-state index contributed by atoms with van der Waals surface area (Å²) in [6.45, 7) is 3.99. The lowest BCUT2D eigenvalue weighted by atomic mass is 10.1. The molecular weight excluding hydrogens is 413 g/mol. The van der Waals surface area contributed by atoms with E-state index in [4.69, 9.17) is 37.4 Å². The van der Waals surface area contributed by atoms with Crippen molar-refractivity contribution in [1.29, 1.82) is 0 Å². The molecule has 0 unspecified atom stereocenters. The number of amides is 1. The SMILES string of the molecule is CCCCOc1ccc(CN2C(=O)C3(OCCCO3)c3c(Cl)ccc(Cl)c32)cc1. The Morgan fingerprint density at radius 3 is 2.45 bits per heavy atom. The van der Waals surface area contributed by atoms with Crippen LogP contribution in [0.5, 0.6) is 5.75 Å². The molecule has 2 aliphatic rings. The van der Waals surface area contributed by atoms with Crippen molar-refractivity contribution in [3.05, 3.63) is 57.6 Å². The van der Waals surface area contributed by atoms with Crippen LogP contribution in [-0.2, 0) is 26.6 Å². The fourth-order valence-electron chi connectivity index (χ4n) is 3.66. The molecule has 0 bridgehead atoms. The first-order chi connectivity index (χ1) is 14.1. The third-order valence-electron chi connectivity index (χ3n) is 5.13. The molecule has 29 heavy (non-hydrogen) atoms. The number of hydrogen-bond donors (Lipinski definition) is 0. The van der Waals surface area contributed by atoms with Crippen LogP contribution in [0.3, 0.4) is 0 Å². The summed E-state index contributed by atoms with van der Waals surface area (Å²) in [5.41, 5.74) is 1.99. The minimum absolute atomic E-state index is 0.300. The van der Waals surface area contributed by atoms with Crippen LogP contribution in [0, 0.1) is 0 Å². The Balaban J connectivity index is 1.63. The molecule has 1 fully saturated rings. The molecule has 0 aliphatic carbocycles. The lowest BCUT2D eigenvalue weighted by molar-refractivity contribution is -0.256. The number of unbranched alkanes of at least 4 members (excludes halogenated alkanes) is 1. The normalized spacial score (nSPS) is 17.6. The highest BCUT2D eigenvalue weighted by atomic mass is 35.5. The first-order valence-electron chi connectivity index (χ1n) is 9.87. The molecule has 5 nitrogen and oxygen atoms in total. The third kappa shape index (κ3) is 3.73. The molecule has 2 aliphatic heterocycles. The van der Waals surface area contributed by atoms with Gasteiger partial charge in [0, 0.05) is 0 Å². The molecule has 1 spiro atoms. The number of ether oxygens (including phenoxy) is 3. The zero-order valence-corrected chi connectivity index (χ0v) is 17.8. The van der Waals surface area contributed by atoms with Crippen LogP contribution in [0.4, 0.5) is 5.69 Å². The van der Waals surface area contributed by atoms with E-state index < -0.39 is 5.79 Å². The number of rotatable bonds is 6. The molecular formula is C22H23Cl2NO4. The van der Waals surface area contributed by atoms with Gasteiger partial charge in [0.2, 0.25) is 0 Å². The molecule has 0 saturated carbocycles. The van der Waals surface area contributed by atoms with Crippen LogP contribution in [0.15, 0.2) is 36.4 Å². The molecule has 4 rings (SSSR count). The molecule has 2 heterocycles. The number of hydrogen-bond acceptors (Lipinski definition) is 4. The van der Waals surface area contributed by atoms with Crippen molar-refractivity contribution in [3.8, 4) is 5.75 Å². The van der Waals surface area contributed by atoms with Crippen molar-refractivity contribution >= 4 is 34.8 Å². The summed E-state index contributed by atoms with van der Waals surface area (Å²) in [5, 5.41) is 0.841. The standard InChI is InChI=1S/C22H23Cl2NO4/c1-2-3-11-27-16-7-5-15(6-8-16)14-25-20-18(24)10-9-17(23)19(20)22(21(25)26)28-12-4-13-29-22/h5-10H,2-4,11-14H2,1H3. The van der Waals surface area contributed by atoms with Gasteiger partial charge in [0.05, 0.1) is 47.7 Å². The van der Waals surface area contributed by atoms with E-state index in [0.717, 1.165) is 30.6 Å². The molecule has 7 heteroatoms. The monoisotopic (exact) mass is 435 g/mol. The number of carbonyl (C=O) groups is 1. The van der Waals surface area contributed by atoms with Crippen LogP contribution in [0.1, 0.15) is 37.3 Å². The van der Waals surface area contributed by atoms with Gasteiger partial charge in [-0.3, -0.25) is 4.79 Å². The van der Waals surface area contributed by atoms with Gasteiger partial charge < -0.3 is 19.1 Å². The molecule has 154 valence electrons. The van der Waals surface area contributed by atoms with Crippen LogP contribution >= 0.6 is 23.2 Å². The van der Waals surface area contributed by atoms with Crippen molar-refractivity contribution in [2.45, 2.75) is 38.5 Å². The van der Waals surface area contributed by atoms with E-state index in [9.17, 15) is 4.79 Å². The second-order valence-corrected chi connectivity index (χ2v) is 7.97. The summed E-state index contributed by atoms with van der Waals surface area (Å²) in [4.78, 5) is 15.0. The smallest absolute Gasteiger partial charge is 0.292 e. The van der Waals surface area contributed by atoms with E-state index >= 15 is 0 Å². The number of fused-ring (bicyclic) bond motifs is 2.